The summed E-state index contributed by atoms with van der Waals surface area (Å²) in [6.07, 6.45) is -1.29. The van der Waals surface area contributed by atoms with Gasteiger partial charge in [-0.1, -0.05) is 11.6 Å². The van der Waals surface area contributed by atoms with Gasteiger partial charge in [-0.05, 0) is 66.2 Å². The first-order chi connectivity index (χ1) is 12.3. The number of hydrogen-bond acceptors (Lipinski definition) is 4. The van der Waals surface area contributed by atoms with E-state index in [0.717, 1.165) is 0 Å². The average Bonchev–Trinajstić information content (AvgIpc) is 2.58. The summed E-state index contributed by atoms with van der Waals surface area (Å²) in [4.78, 5) is 24.1. The first-order valence-corrected chi connectivity index (χ1v) is 9.04. The van der Waals surface area contributed by atoms with Crippen molar-refractivity contribution < 1.29 is 19.1 Å². The smallest absolute Gasteiger partial charge is 0.265 e. The molecule has 6 nitrogen and oxygen atoms in total. The molecule has 0 spiro atoms. The van der Waals surface area contributed by atoms with Crippen molar-refractivity contribution in [2.24, 2.45) is 0 Å². The fourth-order valence-electron chi connectivity index (χ4n) is 2.35. The van der Waals surface area contributed by atoms with Crippen LogP contribution < -0.4 is 20.1 Å². The highest BCUT2D eigenvalue weighted by molar-refractivity contribution is 9.10. The van der Waals surface area contributed by atoms with Crippen LogP contribution in [0.5, 0.6) is 11.5 Å². The van der Waals surface area contributed by atoms with Crippen LogP contribution in [0.25, 0.3) is 0 Å². The van der Waals surface area contributed by atoms with E-state index in [9.17, 15) is 9.59 Å². The van der Waals surface area contributed by atoms with Crippen molar-refractivity contribution in [1.82, 2.24) is 0 Å². The number of rotatable bonds is 4. The second-order valence-electron chi connectivity index (χ2n) is 5.78. The lowest BCUT2D eigenvalue weighted by Crippen LogP contribution is -2.34. The lowest BCUT2D eigenvalue weighted by molar-refractivity contribution is -0.123. The number of amides is 2. The van der Waals surface area contributed by atoms with Gasteiger partial charge in [0.1, 0.15) is 11.5 Å². The van der Waals surface area contributed by atoms with Crippen LogP contribution in [-0.2, 0) is 9.59 Å². The maximum Gasteiger partial charge on any atom is 0.265 e. The van der Waals surface area contributed by atoms with Gasteiger partial charge in [0, 0.05) is 10.7 Å². The average molecular weight is 440 g/mol. The van der Waals surface area contributed by atoms with Gasteiger partial charge >= 0.3 is 0 Å². The molecule has 0 aromatic heterocycles. The van der Waals surface area contributed by atoms with Crippen LogP contribution in [-0.4, -0.2) is 24.0 Å². The van der Waals surface area contributed by atoms with E-state index in [2.05, 4.69) is 26.6 Å². The van der Waals surface area contributed by atoms with Gasteiger partial charge in [0.05, 0.1) is 10.2 Å². The third-order valence-electron chi connectivity index (χ3n) is 3.74. The largest absolute Gasteiger partial charge is 0.480 e. The molecule has 2 unspecified atom stereocenters. The van der Waals surface area contributed by atoms with Gasteiger partial charge in [0.15, 0.2) is 12.2 Å². The summed E-state index contributed by atoms with van der Waals surface area (Å²) < 4.78 is 11.8. The molecule has 2 N–H and O–H groups in total. The monoisotopic (exact) mass is 438 g/mol. The number of halogens is 2. The van der Waals surface area contributed by atoms with Crippen molar-refractivity contribution in [1.29, 1.82) is 0 Å². The minimum Gasteiger partial charge on any atom is -0.480 e. The molecule has 2 atom stereocenters. The molecule has 0 radical (unpaired) electrons. The third-order valence-corrected chi connectivity index (χ3v) is 4.60. The van der Waals surface area contributed by atoms with Crippen molar-refractivity contribution in [3.05, 3.63) is 45.9 Å². The number of carbonyl (C=O) groups is 2. The van der Waals surface area contributed by atoms with E-state index in [1.54, 1.807) is 50.2 Å². The van der Waals surface area contributed by atoms with Gasteiger partial charge < -0.3 is 20.1 Å². The maximum atomic E-state index is 12.4. The number of nitrogens with one attached hydrogen (secondary N) is 2. The van der Waals surface area contributed by atoms with E-state index < -0.39 is 12.2 Å². The van der Waals surface area contributed by atoms with Crippen LogP contribution in [0, 0.1) is 0 Å². The second kappa shape index (κ2) is 7.55. The Morgan fingerprint density at radius 2 is 2.12 bits per heavy atom. The Morgan fingerprint density at radius 3 is 2.85 bits per heavy atom. The summed E-state index contributed by atoms with van der Waals surface area (Å²) in [6, 6.07) is 10.1. The van der Waals surface area contributed by atoms with Gasteiger partial charge in [-0.25, -0.2) is 0 Å². The molecule has 0 saturated carbocycles. The molecule has 3 rings (SSSR count). The van der Waals surface area contributed by atoms with E-state index in [1.165, 1.54) is 0 Å². The lowest BCUT2D eigenvalue weighted by Gasteiger charge is -2.24. The summed E-state index contributed by atoms with van der Waals surface area (Å²) >= 11 is 9.24. The summed E-state index contributed by atoms with van der Waals surface area (Å²) in [5, 5.41) is 6.06. The zero-order valence-electron chi connectivity index (χ0n) is 14.0. The Kier molecular flexibility index (Phi) is 5.38. The topological polar surface area (TPSA) is 76.7 Å². The predicted molar refractivity (Wildman–Crippen MR) is 103 cm³/mol. The number of carbonyl (C=O) groups excluding carboxylic acids is 2. The zero-order valence-corrected chi connectivity index (χ0v) is 16.3. The molecule has 2 amide bonds. The Bertz CT molecular complexity index is 874. The molecule has 26 heavy (non-hydrogen) atoms. The molecule has 0 fully saturated rings. The molecule has 8 heteroatoms. The van der Waals surface area contributed by atoms with Gasteiger partial charge in [-0.15, -0.1) is 0 Å². The minimum absolute atomic E-state index is 0.231. The van der Waals surface area contributed by atoms with Crippen molar-refractivity contribution >= 4 is 50.7 Å². The normalized spacial score (nSPS) is 16.8. The summed E-state index contributed by atoms with van der Waals surface area (Å²) in [5.74, 6) is 0.509. The quantitative estimate of drug-likeness (QED) is 0.747. The summed E-state index contributed by atoms with van der Waals surface area (Å²) in [7, 11) is 0. The second-order valence-corrected chi connectivity index (χ2v) is 7.08. The van der Waals surface area contributed by atoms with E-state index in [0.29, 0.717) is 32.4 Å². The predicted octanol–water partition coefficient (Wildman–Crippen LogP) is 4.23. The molecule has 1 aliphatic heterocycles. The Balaban J connectivity index is 1.68. The van der Waals surface area contributed by atoms with E-state index in [1.807, 2.05) is 0 Å². The van der Waals surface area contributed by atoms with Crippen LogP contribution in [0.4, 0.5) is 11.4 Å². The van der Waals surface area contributed by atoms with Crippen LogP contribution in [0.3, 0.4) is 0 Å². The number of hydrogen-bond donors (Lipinski definition) is 2. The number of ether oxygens (including phenoxy) is 2. The Morgan fingerprint density at radius 1 is 1.35 bits per heavy atom. The number of benzene rings is 2. The van der Waals surface area contributed by atoms with E-state index in [-0.39, 0.29) is 11.8 Å². The summed E-state index contributed by atoms with van der Waals surface area (Å²) in [6.45, 7) is 3.31. The van der Waals surface area contributed by atoms with Crippen LogP contribution >= 0.6 is 27.5 Å². The van der Waals surface area contributed by atoms with E-state index >= 15 is 0 Å². The summed E-state index contributed by atoms with van der Waals surface area (Å²) in [5.41, 5.74) is 1.04. The highest BCUT2D eigenvalue weighted by atomic mass is 79.9. The van der Waals surface area contributed by atoms with Crippen molar-refractivity contribution in [3.63, 3.8) is 0 Å². The highest BCUT2D eigenvalue weighted by Crippen LogP contribution is 2.32. The number of fused-ring (bicyclic) bond motifs is 1. The molecule has 0 saturated heterocycles. The fraction of sp³-hybridized carbons (Fsp3) is 0.222. The van der Waals surface area contributed by atoms with Crippen LogP contribution in [0.15, 0.2) is 40.9 Å². The minimum atomic E-state index is -0.741. The van der Waals surface area contributed by atoms with Gasteiger partial charge in [-0.3, -0.25) is 9.59 Å². The molecule has 2 aromatic rings. The third kappa shape index (κ3) is 4.11. The molecular weight excluding hydrogens is 424 g/mol. The maximum absolute atomic E-state index is 12.4. The van der Waals surface area contributed by atoms with E-state index in [4.69, 9.17) is 21.1 Å². The SMILES string of the molecule is CC(Oc1ccc(Cl)cc1Br)C(=O)Nc1ccc2c(c1)NC(=O)C(C)O2. The van der Waals surface area contributed by atoms with Crippen molar-refractivity contribution in [2.45, 2.75) is 26.1 Å². The van der Waals surface area contributed by atoms with Crippen LogP contribution in [0.1, 0.15) is 13.8 Å². The molecule has 0 bridgehead atoms. The van der Waals surface area contributed by atoms with Crippen molar-refractivity contribution in [3.8, 4) is 11.5 Å². The highest BCUT2D eigenvalue weighted by Gasteiger charge is 2.24. The molecular formula is C18H16BrClN2O4. The standard InChI is InChI=1S/C18H16BrClN2O4/c1-9(25-15-5-3-11(20)7-13(15)19)17(23)21-12-4-6-16-14(8-12)22-18(24)10(2)26-16/h3-10H,1-2H3,(H,21,23)(H,22,24). The van der Waals surface area contributed by atoms with Gasteiger partial charge in [0.25, 0.3) is 11.8 Å². The molecule has 1 heterocycles. The molecule has 1 aliphatic rings. The Hall–Kier alpha value is -2.25. The fourth-order valence-corrected chi connectivity index (χ4v) is 3.12. The van der Waals surface area contributed by atoms with Crippen LogP contribution in [0.2, 0.25) is 5.02 Å². The van der Waals surface area contributed by atoms with Gasteiger partial charge in [-0.2, -0.15) is 0 Å². The Labute approximate surface area is 163 Å². The molecule has 2 aromatic carbocycles. The van der Waals surface area contributed by atoms with Gasteiger partial charge in [0.2, 0.25) is 0 Å². The first-order valence-electron chi connectivity index (χ1n) is 7.87. The lowest BCUT2D eigenvalue weighted by atomic mass is 10.2. The zero-order chi connectivity index (χ0) is 18.8. The molecule has 136 valence electrons. The van der Waals surface area contributed by atoms with Crippen molar-refractivity contribution in [2.75, 3.05) is 10.6 Å². The molecule has 0 aliphatic carbocycles. The first kappa shape index (κ1) is 18.5. The number of anilines is 2.